The van der Waals surface area contributed by atoms with Crippen molar-refractivity contribution in [3.05, 3.63) is 0 Å². The Bertz CT molecular complexity index is 184. The number of hydrogen-bond acceptors (Lipinski definition) is 2. The second-order valence-electron chi connectivity index (χ2n) is 5.79. The smallest absolute Gasteiger partial charge is 0.0431 e. The summed E-state index contributed by atoms with van der Waals surface area (Å²) in [7, 11) is 2.27. The molecule has 0 spiro atoms. The maximum absolute atomic E-state index is 8.75. The van der Waals surface area contributed by atoms with E-state index in [0.29, 0.717) is 6.61 Å². The summed E-state index contributed by atoms with van der Waals surface area (Å²) in [6.07, 6.45) is 10.5. The molecule has 2 unspecified atom stereocenters. The van der Waals surface area contributed by atoms with Gasteiger partial charge in [-0.3, -0.25) is 0 Å². The molecule has 1 rings (SSSR count). The standard InChI is InChI=1S/C15H31NO/c1-3-4-11-16(2)13-15-10-9-14(15)8-6-5-7-12-17/h14-15,17H,3-13H2,1-2H3. The number of hydrogen-bond donors (Lipinski definition) is 1. The summed E-state index contributed by atoms with van der Waals surface area (Å²) in [5.41, 5.74) is 0. The molecule has 2 nitrogen and oxygen atoms in total. The van der Waals surface area contributed by atoms with Gasteiger partial charge in [-0.1, -0.05) is 32.6 Å². The highest BCUT2D eigenvalue weighted by Gasteiger charge is 2.30. The fourth-order valence-electron chi connectivity index (χ4n) is 2.87. The Kier molecular flexibility index (Phi) is 7.87. The van der Waals surface area contributed by atoms with Crippen molar-refractivity contribution in [1.29, 1.82) is 0 Å². The molecule has 0 bridgehead atoms. The molecule has 0 aromatic heterocycles. The van der Waals surface area contributed by atoms with E-state index in [9.17, 15) is 0 Å². The molecule has 1 aliphatic rings. The van der Waals surface area contributed by atoms with E-state index in [-0.39, 0.29) is 0 Å². The molecule has 0 aromatic rings. The van der Waals surface area contributed by atoms with E-state index in [4.69, 9.17) is 5.11 Å². The van der Waals surface area contributed by atoms with Crippen molar-refractivity contribution in [1.82, 2.24) is 4.90 Å². The van der Waals surface area contributed by atoms with Crippen LogP contribution in [0.4, 0.5) is 0 Å². The van der Waals surface area contributed by atoms with Gasteiger partial charge in [0.2, 0.25) is 0 Å². The van der Waals surface area contributed by atoms with E-state index < -0.39 is 0 Å². The lowest BCUT2D eigenvalue weighted by Crippen LogP contribution is -2.36. The van der Waals surface area contributed by atoms with E-state index in [1.54, 1.807) is 0 Å². The molecular weight excluding hydrogens is 210 g/mol. The Morgan fingerprint density at radius 3 is 2.41 bits per heavy atom. The maximum atomic E-state index is 8.75. The molecule has 0 aliphatic heterocycles. The van der Waals surface area contributed by atoms with Crippen LogP contribution in [0.15, 0.2) is 0 Å². The average Bonchev–Trinajstić information content (AvgIpc) is 2.32. The highest BCUT2D eigenvalue weighted by Crippen LogP contribution is 2.38. The van der Waals surface area contributed by atoms with Crippen LogP contribution < -0.4 is 0 Å². The van der Waals surface area contributed by atoms with Crippen molar-refractivity contribution in [2.45, 2.75) is 58.3 Å². The first-order chi connectivity index (χ1) is 8.27. The molecule has 0 radical (unpaired) electrons. The molecule has 1 fully saturated rings. The van der Waals surface area contributed by atoms with Crippen LogP contribution in [-0.2, 0) is 0 Å². The monoisotopic (exact) mass is 241 g/mol. The summed E-state index contributed by atoms with van der Waals surface area (Å²) < 4.78 is 0. The van der Waals surface area contributed by atoms with Gasteiger partial charge in [0.25, 0.3) is 0 Å². The molecule has 2 heteroatoms. The van der Waals surface area contributed by atoms with Crippen molar-refractivity contribution in [3.63, 3.8) is 0 Å². The zero-order chi connectivity index (χ0) is 12.5. The second kappa shape index (κ2) is 8.93. The lowest BCUT2D eigenvalue weighted by molar-refractivity contribution is 0.111. The minimum atomic E-state index is 0.369. The summed E-state index contributed by atoms with van der Waals surface area (Å²) in [5.74, 6) is 1.95. The van der Waals surface area contributed by atoms with E-state index in [1.807, 2.05) is 0 Å². The van der Waals surface area contributed by atoms with Crippen LogP contribution in [0.5, 0.6) is 0 Å². The molecule has 1 N–H and O–H groups in total. The Labute approximate surface area is 107 Å². The van der Waals surface area contributed by atoms with Gasteiger partial charge in [0.05, 0.1) is 0 Å². The van der Waals surface area contributed by atoms with Crippen molar-refractivity contribution in [2.75, 3.05) is 26.7 Å². The van der Waals surface area contributed by atoms with Gasteiger partial charge in [0.15, 0.2) is 0 Å². The molecule has 102 valence electrons. The van der Waals surface area contributed by atoms with Crippen LogP contribution in [0.3, 0.4) is 0 Å². The van der Waals surface area contributed by atoms with E-state index >= 15 is 0 Å². The second-order valence-corrected chi connectivity index (χ2v) is 5.79. The van der Waals surface area contributed by atoms with Crippen molar-refractivity contribution in [3.8, 4) is 0 Å². The summed E-state index contributed by atoms with van der Waals surface area (Å²) in [4.78, 5) is 2.52. The van der Waals surface area contributed by atoms with Gasteiger partial charge in [0.1, 0.15) is 0 Å². The molecule has 0 saturated heterocycles. The topological polar surface area (TPSA) is 23.5 Å². The molecule has 17 heavy (non-hydrogen) atoms. The molecular formula is C15H31NO. The SMILES string of the molecule is CCCCN(C)CC1CCC1CCCCCO. The Morgan fingerprint density at radius 2 is 1.82 bits per heavy atom. The Balaban J connectivity index is 2.05. The molecule has 1 saturated carbocycles. The fraction of sp³-hybridized carbons (Fsp3) is 1.00. The molecule has 0 aromatic carbocycles. The highest BCUT2D eigenvalue weighted by molar-refractivity contribution is 4.82. The van der Waals surface area contributed by atoms with Crippen LogP contribution in [0.25, 0.3) is 0 Å². The van der Waals surface area contributed by atoms with Gasteiger partial charge in [-0.15, -0.1) is 0 Å². The first kappa shape index (κ1) is 15.0. The van der Waals surface area contributed by atoms with E-state index in [2.05, 4.69) is 18.9 Å². The first-order valence-electron chi connectivity index (χ1n) is 7.57. The number of rotatable bonds is 10. The van der Waals surface area contributed by atoms with Gasteiger partial charge in [-0.2, -0.15) is 0 Å². The molecule has 1 aliphatic carbocycles. The van der Waals surface area contributed by atoms with Crippen molar-refractivity contribution < 1.29 is 5.11 Å². The molecule has 0 heterocycles. The Morgan fingerprint density at radius 1 is 1.06 bits per heavy atom. The van der Waals surface area contributed by atoms with Gasteiger partial charge < -0.3 is 10.0 Å². The van der Waals surface area contributed by atoms with Crippen molar-refractivity contribution >= 4 is 0 Å². The maximum Gasteiger partial charge on any atom is 0.0431 e. The van der Waals surface area contributed by atoms with Crippen LogP contribution in [0.2, 0.25) is 0 Å². The molecule has 0 amide bonds. The number of unbranched alkanes of at least 4 members (excludes halogenated alkanes) is 3. The summed E-state index contributed by atoms with van der Waals surface area (Å²) in [6, 6.07) is 0. The summed E-state index contributed by atoms with van der Waals surface area (Å²) in [6.45, 7) is 5.21. The first-order valence-corrected chi connectivity index (χ1v) is 7.57. The number of nitrogens with zero attached hydrogens (tertiary/aromatic N) is 1. The number of aliphatic hydroxyl groups is 1. The van der Waals surface area contributed by atoms with Crippen LogP contribution >= 0.6 is 0 Å². The Hall–Kier alpha value is -0.0800. The van der Waals surface area contributed by atoms with Crippen molar-refractivity contribution in [2.24, 2.45) is 11.8 Å². The van der Waals surface area contributed by atoms with Gasteiger partial charge >= 0.3 is 0 Å². The van der Waals surface area contributed by atoms with Gasteiger partial charge in [-0.05, 0) is 51.1 Å². The molecule has 2 atom stereocenters. The third-order valence-corrected chi connectivity index (χ3v) is 4.25. The quantitative estimate of drug-likeness (QED) is 0.593. The predicted octanol–water partition coefficient (Wildman–Crippen LogP) is 3.30. The minimum Gasteiger partial charge on any atom is -0.396 e. The minimum absolute atomic E-state index is 0.369. The third kappa shape index (κ3) is 5.87. The average molecular weight is 241 g/mol. The third-order valence-electron chi connectivity index (χ3n) is 4.25. The van der Waals surface area contributed by atoms with E-state index in [0.717, 1.165) is 18.3 Å². The summed E-state index contributed by atoms with van der Waals surface area (Å²) in [5, 5.41) is 8.75. The lowest BCUT2D eigenvalue weighted by atomic mass is 9.71. The zero-order valence-corrected chi connectivity index (χ0v) is 11.8. The predicted molar refractivity (Wildman–Crippen MR) is 74.2 cm³/mol. The van der Waals surface area contributed by atoms with Gasteiger partial charge in [-0.25, -0.2) is 0 Å². The van der Waals surface area contributed by atoms with Crippen LogP contribution in [-0.4, -0.2) is 36.8 Å². The normalized spacial score (nSPS) is 24.0. The van der Waals surface area contributed by atoms with Crippen LogP contribution in [0.1, 0.15) is 58.3 Å². The summed E-state index contributed by atoms with van der Waals surface area (Å²) >= 11 is 0. The van der Waals surface area contributed by atoms with Crippen LogP contribution in [0, 0.1) is 11.8 Å². The fourth-order valence-corrected chi connectivity index (χ4v) is 2.87. The highest BCUT2D eigenvalue weighted by atomic mass is 16.2. The number of aliphatic hydroxyl groups excluding tert-OH is 1. The van der Waals surface area contributed by atoms with Gasteiger partial charge in [0, 0.05) is 13.2 Å². The zero-order valence-electron chi connectivity index (χ0n) is 11.8. The van der Waals surface area contributed by atoms with E-state index in [1.165, 1.54) is 58.0 Å². The lowest BCUT2D eigenvalue weighted by Gasteiger charge is -2.39. The largest absolute Gasteiger partial charge is 0.396 e.